The number of hydrogen-bond donors (Lipinski definition) is 2. The molecule has 0 aromatic heterocycles. The molecule has 5 rings (SSSR count). The third-order valence-corrected chi connectivity index (χ3v) is 10.0. The van der Waals surface area contributed by atoms with Gasteiger partial charge in [-0.2, -0.15) is 4.90 Å². The van der Waals surface area contributed by atoms with E-state index in [0.29, 0.717) is 18.1 Å². The van der Waals surface area contributed by atoms with Gasteiger partial charge in [0.05, 0.1) is 27.2 Å². The Balaban J connectivity index is 1.41. The molecule has 4 unspecified atom stereocenters. The molecule has 0 spiro atoms. The summed E-state index contributed by atoms with van der Waals surface area (Å²) in [6.45, 7) is 7.75. The first-order chi connectivity index (χ1) is 23.6. The number of carbonyl (C=O) groups excluding carboxylic acids is 4. The number of nitrogens with zero attached hydrogens (tertiary/aromatic N) is 1. The highest BCUT2D eigenvalue weighted by Gasteiger charge is 2.67. The van der Waals surface area contributed by atoms with E-state index in [-0.39, 0.29) is 21.5 Å². The molecular weight excluding hydrogens is 764 g/mol. The standard InChI is InChI=1S/C34H29Cl4F4N3O6/c1-14-13-33(14,5)51-31(49)45(30(48)50-32(2,3)4)27-20(40)8-9-22(26(27)42)44-28(46)17-11-16(12-21(41)25(17)36)43-29(47)24-23(34(24,37)38)15-6-7-19(39)18(35)10-15/h6-12,14,23-24H,13H2,1-5H3,(H,43,47)(H,44,46). The van der Waals surface area contributed by atoms with Crippen LogP contribution in [0.5, 0.6) is 0 Å². The van der Waals surface area contributed by atoms with Gasteiger partial charge in [-0.3, -0.25) is 9.59 Å². The van der Waals surface area contributed by atoms with Gasteiger partial charge in [-0.15, -0.1) is 23.2 Å². The van der Waals surface area contributed by atoms with E-state index in [1.807, 2.05) is 0 Å². The van der Waals surface area contributed by atoms with Crippen molar-refractivity contribution in [3.8, 4) is 0 Å². The minimum atomic E-state index is -1.64. The van der Waals surface area contributed by atoms with Gasteiger partial charge in [-0.25, -0.2) is 27.2 Å². The van der Waals surface area contributed by atoms with Crippen LogP contribution in [0.1, 0.15) is 62.9 Å². The molecule has 0 radical (unpaired) electrons. The molecular formula is C34H29Cl4F4N3O6. The van der Waals surface area contributed by atoms with Crippen molar-refractivity contribution >= 4 is 87.5 Å². The second-order valence-corrected chi connectivity index (χ2v) is 15.7. The first-order valence-corrected chi connectivity index (χ1v) is 16.7. The summed E-state index contributed by atoms with van der Waals surface area (Å²) in [7, 11) is 0. The number of nitrogens with one attached hydrogen (secondary N) is 2. The highest BCUT2D eigenvalue weighted by atomic mass is 35.5. The average Bonchev–Trinajstić information content (AvgIpc) is 3.82. The lowest BCUT2D eigenvalue weighted by Crippen LogP contribution is -2.44. The number of benzene rings is 3. The van der Waals surface area contributed by atoms with Gasteiger partial charge < -0.3 is 20.1 Å². The van der Waals surface area contributed by atoms with Crippen LogP contribution in [-0.4, -0.2) is 39.5 Å². The monoisotopic (exact) mass is 791 g/mol. The van der Waals surface area contributed by atoms with Crippen LogP contribution in [0.4, 0.5) is 44.2 Å². The van der Waals surface area contributed by atoms with Gasteiger partial charge in [0.1, 0.15) is 32.9 Å². The van der Waals surface area contributed by atoms with Gasteiger partial charge in [0.15, 0.2) is 11.6 Å². The molecule has 2 fully saturated rings. The Hall–Kier alpha value is -3.78. The van der Waals surface area contributed by atoms with E-state index in [9.17, 15) is 28.0 Å². The van der Waals surface area contributed by atoms with Crippen LogP contribution in [0.15, 0.2) is 42.5 Å². The average molecular weight is 793 g/mol. The maximum Gasteiger partial charge on any atom is 0.424 e. The molecule has 3 aromatic carbocycles. The molecule has 17 heteroatoms. The third kappa shape index (κ3) is 7.86. The molecule has 4 amide bonds. The van der Waals surface area contributed by atoms with Crippen LogP contribution < -0.4 is 15.5 Å². The summed E-state index contributed by atoms with van der Waals surface area (Å²) < 4.78 is 68.9. The third-order valence-electron chi connectivity index (χ3n) is 8.39. The predicted molar refractivity (Wildman–Crippen MR) is 184 cm³/mol. The summed E-state index contributed by atoms with van der Waals surface area (Å²) in [6, 6.07) is 6.93. The molecule has 0 bridgehead atoms. The van der Waals surface area contributed by atoms with E-state index in [2.05, 4.69) is 10.6 Å². The Morgan fingerprint density at radius 1 is 0.902 bits per heavy atom. The van der Waals surface area contributed by atoms with Gasteiger partial charge in [0.25, 0.3) is 5.91 Å². The van der Waals surface area contributed by atoms with Crippen molar-refractivity contribution < 1.29 is 46.2 Å². The predicted octanol–water partition coefficient (Wildman–Crippen LogP) is 10.0. The molecule has 2 N–H and O–H groups in total. The van der Waals surface area contributed by atoms with Crippen LogP contribution in [-0.2, 0) is 14.3 Å². The molecule has 0 heterocycles. The van der Waals surface area contributed by atoms with Crippen LogP contribution in [0.2, 0.25) is 10.0 Å². The molecule has 0 saturated heterocycles. The summed E-state index contributed by atoms with van der Waals surface area (Å²) in [5.41, 5.74) is -4.67. The number of anilines is 3. The molecule has 0 aliphatic heterocycles. The summed E-state index contributed by atoms with van der Waals surface area (Å²) in [5, 5.41) is 3.57. The summed E-state index contributed by atoms with van der Waals surface area (Å²) in [6.07, 6.45) is -2.45. The molecule has 2 saturated carbocycles. The van der Waals surface area contributed by atoms with Crippen molar-refractivity contribution in [1.82, 2.24) is 0 Å². The Bertz CT molecular complexity index is 1980. The molecule has 2 aliphatic carbocycles. The number of rotatable bonds is 7. The van der Waals surface area contributed by atoms with Gasteiger partial charge in [0.2, 0.25) is 5.91 Å². The highest BCUT2D eigenvalue weighted by Crippen LogP contribution is 2.65. The zero-order valence-electron chi connectivity index (χ0n) is 27.4. The lowest BCUT2D eigenvalue weighted by molar-refractivity contribution is -0.117. The fourth-order valence-electron chi connectivity index (χ4n) is 5.35. The summed E-state index contributed by atoms with van der Waals surface area (Å²) >= 11 is 24.6. The van der Waals surface area contributed by atoms with Crippen molar-refractivity contribution in [3.05, 3.63) is 86.9 Å². The number of carbonyl (C=O) groups is 4. The summed E-state index contributed by atoms with van der Waals surface area (Å²) in [4.78, 5) is 52.9. The van der Waals surface area contributed by atoms with Crippen molar-refractivity contribution in [3.63, 3.8) is 0 Å². The molecule has 4 atom stereocenters. The first-order valence-electron chi connectivity index (χ1n) is 15.2. The van der Waals surface area contributed by atoms with Crippen LogP contribution >= 0.6 is 46.4 Å². The van der Waals surface area contributed by atoms with E-state index in [1.165, 1.54) is 32.9 Å². The van der Waals surface area contributed by atoms with E-state index < -0.39 is 96.6 Å². The Kier molecular flexibility index (Phi) is 10.3. The molecule has 3 aromatic rings. The van der Waals surface area contributed by atoms with Crippen molar-refractivity contribution in [1.29, 1.82) is 0 Å². The van der Waals surface area contributed by atoms with Crippen LogP contribution in [0, 0.1) is 35.1 Å². The Labute approximate surface area is 309 Å². The van der Waals surface area contributed by atoms with Gasteiger partial charge >= 0.3 is 12.2 Å². The maximum absolute atomic E-state index is 16.0. The zero-order chi connectivity index (χ0) is 38.0. The van der Waals surface area contributed by atoms with E-state index >= 15 is 8.78 Å². The van der Waals surface area contributed by atoms with Crippen molar-refractivity contribution in [2.45, 2.75) is 62.5 Å². The van der Waals surface area contributed by atoms with Gasteiger partial charge in [-0.1, -0.05) is 36.2 Å². The smallest absolute Gasteiger partial charge is 0.424 e. The Morgan fingerprint density at radius 2 is 1.53 bits per heavy atom. The molecule has 51 heavy (non-hydrogen) atoms. The van der Waals surface area contributed by atoms with Crippen LogP contribution in [0.3, 0.4) is 0 Å². The lowest BCUT2D eigenvalue weighted by Gasteiger charge is -2.27. The fraction of sp³-hybridized carbons (Fsp3) is 0.353. The molecule has 272 valence electrons. The fourth-order valence-corrected chi connectivity index (χ4v) is 6.57. The van der Waals surface area contributed by atoms with Crippen LogP contribution in [0.25, 0.3) is 0 Å². The first kappa shape index (κ1) is 38.5. The zero-order valence-corrected chi connectivity index (χ0v) is 30.4. The minimum absolute atomic E-state index is 0.0451. The van der Waals surface area contributed by atoms with Gasteiger partial charge in [0, 0.05) is 11.6 Å². The van der Waals surface area contributed by atoms with E-state index in [4.69, 9.17) is 55.9 Å². The number of ether oxygens (including phenoxy) is 2. The number of hydrogen-bond acceptors (Lipinski definition) is 6. The van der Waals surface area contributed by atoms with Gasteiger partial charge in [-0.05, 0) is 82.0 Å². The lowest BCUT2D eigenvalue weighted by atomic mass is 10.1. The Morgan fingerprint density at radius 3 is 2.12 bits per heavy atom. The second kappa shape index (κ2) is 13.6. The highest BCUT2D eigenvalue weighted by molar-refractivity contribution is 6.53. The van der Waals surface area contributed by atoms with E-state index in [1.54, 1.807) is 13.8 Å². The minimum Gasteiger partial charge on any atom is -0.443 e. The van der Waals surface area contributed by atoms with E-state index in [0.717, 1.165) is 24.3 Å². The van der Waals surface area contributed by atoms with Crippen molar-refractivity contribution in [2.24, 2.45) is 11.8 Å². The topological polar surface area (TPSA) is 114 Å². The SMILES string of the molecule is CC1CC1(C)OC(=O)N(C(=O)OC(C)(C)C)c1c(F)ccc(NC(=O)c2cc(NC(=O)C3C(c4ccc(F)c(Cl)c4)C3(Cl)Cl)cc(F)c2Cl)c1F. The largest absolute Gasteiger partial charge is 0.443 e. The molecule has 9 nitrogen and oxygen atoms in total. The number of imide groups is 1. The normalized spacial score (nSPS) is 21.7. The second-order valence-electron chi connectivity index (χ2n) is 13.4. The number of alkyl halides is 2. The number of amides is 4. The molecule has 2 aliphatic rings. The van der Waals surface area contributed by atoms with Crippen molar-refractivity contribution in [2.75, 3.05) is 15.5 Å². The summed E-state index contributed by atoms with van der Waals surface area (Å²) in [5.74, 6) is -8.87. The maximum atomic E-state index is 16.0. The number of halogens is 8. The quantitative estimate of drug-likeness (QED) is 0.182.